The van der Waals surface area contributed by atoms with Gasteiger partial charge in [0.25, 0.3) is 0 Å². The average Bonchev–Trinajstić information content (AvgIpc) is 2.89. The van der Waals surface area contributed by atoms with Gasteiger partial charge in [0, 0.05) is 16.5 Å². The van der Waals surface area contributed by atoms with Crippen molar-refractivity contribution in [2.45, 2.75) is 26.4 Å². The van der Waals surface area contributed by atoms with Crippen LogP contribution in [-0.2, 0) is 14.3 Å². The Bertz CT molecular complexity index is 1480. The molecule has 0 unspecified atom stereocenters. The molecule has 38 heavy (non-hydrogen) atoms. The number of rotatable bonds is 6. The molecule has 4 aromatic rings. The van der Waals surface area contributed by atoms with Gasteiger partial charge in [-0.05, 0) is 87.0 Å². The fourth-order valence-electron chi connectivity index (χ4n) is 3.60. The van der Waals surface area contributed by atoms with Gasteiger partial charge in [0.2, 0.25) is 5.88 Å². The molecule has 1 amide bonds. The van der Waals surface area contributed by atoms with Gasteiger partial charge in [-0.25, -0.2) is 19.5 Å². The van der Waals surface area contributed by atoms with Crippen LogP contribution in [0.2, 0.25) is 5.02 Å². The van der Waals surface area contributed by atoms with Crippen molar-refractivity contribution in [1.82, 2.24) is 4.98 Å². The molecule has 1 aromatic heterocycles. The summed E-state index contributed by atoms with van der Waals surface area (Å²) in [7, 11) is 1.26. The molecular formula is C30H27ClN2O5. The van der Waals surface area contributed by atoms with Gasteiger partial charge < -0.3 is 14.2 Å². The normalized spacial score (nSPS) is 11.7. The molecule has 7 nitrogen and oxygen atoms in total. The van der Waals surface area contributed by atoms with Crippen LogP contribution in [0.4, 0.5) is 10.5 Å². The number of hydrogen-bond donors (Lipinski definition) is 0. The number of benzene rings is 3. The highest BCUT2D eigenvalue weighted by Gasteiger charge is 2.30. The van der Waals surface area contributed by atoms with Crippen LogP contribution in [0.15, 0.2) is 90.6 Å². The van der Waals surface area contributed by atoms with Crippen LogP contribution in [0.3, 0.4) is 0 Å². The molecule has 0 spiro atoms. The SMILES string of the molecule is COC(=O)/C(=C\c1ccc2nc(Oc3ccc(Cl)cc3)ccc2c1)N(C(=O)OC(C)(C)C)c1ccccc1. The topological polar surface area (TPSA) is 78.0 Å². The summed E-state index contributed by atoms with van der Waals surface area (Å²) in [5, 5.41) is 1.43. The summed E-state index contributed by atoms with van der Waals surface area (Å²) < 4.78 is 16.5. The molecule has 0 N–H and O–H groups in total. The number of methoxy groups -OCH3 is 1. The van der Waals surface area contributed by atoms with Gasteiger partial charge in [-0.15, -0.1) is 0 Å². The zero-order chi connectivity index (χ0) is 27.3. The van der Waals surface area contributed by atoms with Crippen LogP contribution < -0.4 is 9.64 Å². The van der Waals surface area contributed by atoms with Gasteiger partial charge >= 0.3 is 12.1 Å². The third-order valence-corrected chi connectivity index (χ3v) is 5.51. The minimum Gasteiger partial charge on any atom is -0.464 e. The van der Waals surface area contributed by atoms with Gasteiger partial charge in [-0.2, -0.15) is 0 Å². The number of carbonyl (C=O) groups excluding carboxylic acids is 2. The van der Waals surface area contributed by atoms with Gasteiger partial charge in [0.1, 0.15) is 17.0 Å². The lowest BCUT2D eigenvalue weighted by Gasteiger charge is -2.28. The summed E-state index contributed by atoms with van der Waals surface area (Å²) in [5.74, 6) is 0.356. The number of esters is 1. The van der Waals surface area contributed by atoms with Crippen LogP contribution >= 0.6 is 11.6 Å². The van der Waals surface area contributed by atoms with E-state index in [9.17, 15) is 9.59 Å². The van der Waals surface area contributed by atoms with Crippen molar-refractivity contribution in [1.29, 1.82) is 0 Å². The van der Waals surface area contributed by atoms with E-state index in [0.29, 0.717) is 33.4 Å². The highest BCUT2D eigenvalue weighted by atomic mass is 35.5. The zero-order valence-electron chi connectivity index (χ0n) is 21.5. The maximum Gasteiger partial charge on any atom is 0.419 e. The highest BCUT2D eigenvalue weighted by molar-refractivity contribution is 6.30. The first-order valence-corrected chi connectivity index (χ1v) is 12.2. The summed E-state index contributed by atoms with van der Waals surface area (Å²) in [6, 6.07) is 24.9. The smallest absolute Gasteiger partial charge is 0.419 e. The lowest BCUT2D eigenvalue weighted by Crippen LogP contribution is -2.38. The first-order valence-electron chi connectivity index (χ1n) is 11.9. The van der Waals surface area contributed by atoms with E-state index >= 15 is 0 Å². The van der Waals surface area contributed by atoms with Crippen molar-refractivity contribution in [2.24, 2.45) is 0 Å². The van der Waals surface area contributed by atoms with Gasteiger partial charge in [-0.3, -0.25) is 0 Å². The number of anilines is 1. The number of pyridine rings is 1. The summed E-state index contributed by atoms with van der Waals surface area (Å²) in [6.07, 6.45) is 0.882. The first kappa shape index (κ1) is 26.7. The minimum absolute atomic E-state index is 0.00273. The molecule has 0 radical (unpaired) electrons. The highest BCUT2D eigenvalue weighted by Crippen LogP contribution is 2.28. The van der Waals surface area contributed by atoms with E-state index in [1.54, 1.807) is 87.5 Å². The van der Waals surface area contributed by atoms with E-state index in [4.69, 9.17) is 25.8 Å². The fraction of sp³-hybridized carbons (Fsp3) is 0.167. The predicted octanol–water partition coefficient (Wildman–Crippen LogP) is 7.64. The minimum atomic E-state index is -0.772. The standard InChI is InChI=1S/C30H27ClN2O5/c1-30(2,3)38-29(35)33(23-8-6-5-7-9-23)26(28(34)36-4)19-20-10-16-25-21(18-20)11-17-27(32-25)37-24-14-12-22(31)13-15-24/h5-19H,1-4H3/b26-19+. The van der Waals surface area contributed by atoms with Crippen LogP contribution in [-0.4, -0.2) is 29.8 Å². The van der Waals surface area contributed by atoms with Gasteiger partial charge in [-0.1, -0.05) is 35.9 Å². The van der Waals surface area contributed by atoms with Crippen LogP contribution in [0.25, 0.3) is 17.0 Å². The Kier molecular flexibility index (Phi) is 7.98. The average molecular weight is 531 g/mol. The Labute approximate surface area is 226 Å². The van der Waals surface area contributed by atoms with Crippen molar-refractivity contribution in [2.75, 3.05) is 12.0 Å². The number of hydrogen-bond acceptors (Lipinski definition) is 6. The number of halogens is 1. The summed E-state index contributed by atoms with van der Waals surface area (Å²) >= 11 is 5.94. The number of carbonyl (C=O) groups is 2. The lowest BCUT2D eigenvalue weighted by atomic mass is 10.1. The van der Waals surface area contributed by atoms with Crippen molar-refractivity contribution in [3.8, 4) is 11.6 Å². The van der Waals surface area contributed by atoms with E-state index in [1.165, 1.54) is 12.0 Å². The van der Waals surface area contributed by atoms with Gasteiger partial charge in [0.15, 0.2) is 0 Å². The van der Waals surface area contributed by atoms with E-state index < -0.39 is 17.7 Å². The second kappa shape index (κ2) is 11.4. The number of amides is 1. The Hall–Kier alpha value is -4.36. The first-order chi connectivity index (χ1) is 18.1. The number of para-hydroxylation sites is 1. The molecular weight excluding hydrogens is 504 g/mol. The monoisotopic (exact) mass is 530 g/mol. The molecule has 4 rings (SSSR count). The molecule has 0 fully saturated rings. The van der Waals surface area contributed by atoms with E-state index in [0.717, 1.165) is 5.39 Å². The Morgan fingerprint density at radius 2 is 1.63 bits per heavy atom. The second-order valence-corrected chi connectivity index (χ2v) is 9.77. The van der Waals surface area contributed by atoms with Crippen LogP contribution in [0.5, 0.6) is 11.6 Å². The van der Waals surface area contributed by atoms with Crippen molar-refractivity contribution < 1.29 is 23.8 Å². The second-order valence-electron chi connectivity index (χ2n) is 9.33. The largest absolute Gasteiger partial charge is 0.464 e. The molecule has 0 aliphatic rings. The maximum atomic E-state index is 13.3. The quantitative estimate of drug-likeness (QED) is 0.188. The number of aromatic nitrogens is 1. The van der Waals surface area contributed by atoms with Gasteiger partial charge in [0.05, 0.1) is 18.3 Å². The van der Waals surface area contributed by atoms with Crippen LogP contribution in [0.1, 0.15) is 26.3 Å². The summed E-state index contributed by atoms with van der Waals surface area (Å²) in [4.78, 5) is 32.0. The summed E-state index contributed by atoms with van der Waals surface area (Å²) in [6.45, 7) is 5.28. The third kappa shape index (κ3) is 6.69. The van der Waals surface area contributed by atoms with E-state index in [2.05, 4.69) is 4.98 Å². The molecule has 8 heteroatoms. The molecule has 0 saturated carbocycles. The lowest BCUT2D eigenvalue weighted by molar-refractivity contribution is -0.136. The summed E-state index contributed by atoms with van der Waals surface area (Å²) in [5.41, 5.74) is 1.05. The Morgan fingerprint density at radius 1 is 0.921 bits per heavy atom. The van der Waals surface area contributed by atoms with Crippen molar-refractivity contribution in [3.63, 3.8) is 0 Å². The molecule has 0 atom stereocenters. The number of ether oxygens (including phenoxy) is 3. The van der Waals surface area contributed by atoms with Crippen molar-refractivity contribution in [3.05, 3.63) is 101 Å². The molecule has 1 heterocycles. The fourth-order valence-corrected chi connectivity index (χ4v) is 3.73. The zero-order valence-corrected chi connectivity index (χ0v) is 22.2. The predicted molar refractivity (Wildman–Crippen MR) is 148 cm³/mol. The molecule has 0 bridgehead atoms. The number of fused-ring (bicyclic) bond motifs is 1. The maximum absolute atomic E-state index is 13.3. The van der Waals surface area contributed by atoms with Crippen LogP contribution in [0, 0.1) is 0 Å². The Morgan fingerprint density at radius 3 is 2.29 bits per heavy atom. The van der Waals surface area contributed by atoms with E-state index in [-0.39, 0.29) is 5.70 Å². The molecule has 3 aromatic carbocycles. The third-order valence-electron chi connectivity index (χ3n) is 5.25. The molecule has 0 saturated heterocycles. The Balaban J connectivity index is 1.71. The molecule has 0 aliphatic carbocycles. The number of nitrogens with zero attached hydrogens (tertiary/aromatic N) is 2. The molecule has 0 aliphatic heterocycles. The van der Waals surface area contributed by atoms with Crippen molar-refractivity contribution >= 4 is 46.3 Å². The molecule has 194 valence electrons. The van der Waals surface area contributed by atoms with E-state index in [1.807, 2.05) is 24.3 Å².